The number of hydrogen-bond acceptors (Lipinski definition) is 4. The molecule has 1 aromatic carbocycles. The molecule has 5 nitrogen and oxygen atoms in total. The van der Waals surface area contributed by atoms with Crippen LogP contribution in [-0.2, 0) is 19.7 Å². The van der Waals surface area contributed by atoms with E-state index in [4.69, 9.17) is 9.47 Å². The fourth-order valence-corrected chi connectivity index (χ4v) is 4.50. The van der Waals surface area contributed by atoms with Crippen molar-refractivity contribution in [2.75, 3.05) is 19.0 Å². The number of hydrogen-bond donors (Lipinski definition) is 1. The zero-order chi connectivity index (χ0) is 19.6. The molecular weight excluding hydrogens is 342 g/mol. The highest BCUT2D eigenvalue weighted by atomic mass is 16.5. The van der Waals surface area contributed by atoms with Crippen molar-refractivity contribution in [3.8, 4) is 5.75 Å². The zero-order valence-electron chi connectivity index (χ0n) is 16.8. The van der Waals surface area contributed by atoms with Crippen molar-refractivity contribution in [1.82, 2.24) is 0 Å². The topological polar surface area (TPSA) is 64.6 Å². The summed E-state index contributed by atoms with van der Waals surface area (Å²) in [6.07, 6.45) is 5.41. The van der Waals surface area contributed by atoms with E-state index in [1.54, 1.807) is 7.11 Å². The Kier molecular flexibility index (Phi) is 5.78. The zero-order valence-corrected chi connectivity index (χ0v) is 16.8. The van der Waals surface area contributed by atoms with Crippen LogP contribution in [0.25, 0.3) is 0 Å². The largest absolute Gasteiger partial charge is 0.495 e. The molecule has 1 amide bonds. The molecule has 0 aliphatic heterocycles. The molecule has 148 valence electrons. The van der Waals surface area contributed by atoms with E-state index in [0.29, 0.717) is 29.7 Å². The van der Waals surface area contributed by atoms with Crippen LogP contribution in [0, 0.1) is 17.8 Å². The summed E-state index contributed by atoms with van der Waals surface area (Å²) in [6, 6.07) is 5.75. The van der Waals surface area contributed by atoms with Crippen LogP contribution in [0.5, 0.6) is 5.75 Å². The van der Waals surface area contributed by atoms with Crippen molar-refractivity contribution < 1.29 is 19.1 Å². The first-order chi connectivity index (χ1) is 12.8. The SMILES string of the molecule is COc1ccc(C(C)(C)C)cc1NC(=O)COC(=O)C[C@H]1C[C@H]2CC[C@H]1C2. The number of esters is 1. The van der Waals surface area contributed by atoms with E-state index >= 15 is 0 Å². The Hall–Kier alpha value is -2.04. The second-order valence-electron chi connectivity index (χ2n) is 9.01. The molecule has 0 unspecified atom stereocenters. The van der Waals surface area contributed by atoms with Crippen LogP contribution >= 0.6 is 0 Å². The van der Waals surface area contributed by atoms with Crippen LogP contribution < -0.4 is 10.1 Å². The summed E-state index contributed by atoms with van der Waals surface area (Å²) in [6.45, 7) is 6.07. The van der Waals surface area contributed by atoms with Gasteiger partial charge >= 0.3 is 5.97 Å². The maximum absolute atomic E-state index is 12.3. The molecule has 27 heavy (non-hydrogen) atoms. The van der Waals surface area contributed by atoms with Gasteiger partial charge in [-0.05, 0) is 60.1 Å². The van der Waals surface area contributed by atoms with E-state index in [9.17, 15) is 9.59 Å². The molecule has 2 aliphatic carbocycles. The van der Waals surface area contributed by atoms with Gasteiger partial charge < -0.3 is 14.8 Å². The van der Waals surface area contributed by atoms with Crippen LogP contribution in [0.15, 0.2) is 18.2 Å². The first kappa shape index (κ1) is 19.7. The summed E-state index contributed by atoms with van der Waals surface area (Å²) in [5, 5.41) is 2.81. The molecular formula is C22H31NO4. The third kappa shape index (κ3) is 4.82. The third-order valence-electron chi connectivity index (χ3n) is 6.02. The maximum Gasteiger partial charge on any atom is 0.306 e. The minimum atomic E-state index is -0.347. The number of anilines is 1. The second kappa shape index (κ2) is 7.91. The Balaban J connectivity index is 1.52. The maximum atomic E-state index is 12.3. The molecule has 0 heterocycles. The van der Waals surface area contributed by atoms with E-state index < -0.39 is 0 Å². The third-order valence-corrected chi connectivity index (χ3v) is 6.02. The first-order valence-corrected chi connectivity index (χ1v) is 9.90. The molecule has 0 radical (unpaired) electrons. The Morgan fingerprint density at radius 3 is 2.56 bits per heavy atom. The summed E-state index contributed by atoms with van der Waals surface area (Å²) >= 11 is 0. The second-order valence-corrected chi connectivity index (χ2v) is 9.01. The Bertz CT molecular complexity index is 707. The molecule has 1 aromatic rings. The molecule has 1 N–H and O–H groups in total. The fraction of sp³-hybridized carbons (Fsp3) is 0.636. The predicted molar refractivity (Wildman–Crippen MR) is 105 cm³/mol. The number of fused-ring (bicyclic) bond motifs is 2. The molecule has 2 aliphatic rings. The number of rotatable bonds is 6. The number of amides is 1. The highest BCUT2D eigenvalue weighted by Crippen LogP contribution is 2.49. The van der Waals surface area contributed by atoms with Crippen LogP contribution in [0.2, 0.25) is 0 Å². The number of ether oxygens (including phenoxy) is 2. The lowest BCUT2D eigenvalue weighted by Crippen LogP contribution is -2.23. The quantitative estimate of drug-likeness (QED) is 0.755. The van der Waals surface area contributed by atoms with E-state index in [1.807, 2.05) is 18.2 Å². The smallest absolute Gasteiger partial charge is 0.306 e. The van der Waals surface area contributed by atoms with Crippen molar-refractivity contribution in [2.24, 2.45) is 17.8 Å². The molecule has 0 saturated heterocycles. The molecule has 2 bridgehead atoms. The molecule has 0 spiro atoms. The van der Waals surface area contributed by atoms with Gasteiger partial charge in [0.25, 0.3) is 5.91 Å². The van der Waals surface area contributed by atoms with Crippen LogP contribution in [0.1, 0.15) is 58.4 Å². The Morgan fingerprint density at radius 1 is 1.19 bits per heavy atom. The van der Waals surface area contributed by atoms with E-state index in [2.05, 4.69) is 26.1 Å². The highest BCUT2D eigenvalue weighted by molar-refractivity contribution is 5.94. The normalized spacial score (nSPS) is 23.9. The molecule has 3 atom stereocenters. The Morgan fingerprint density at radius 2 is 1.96 bits per heavy atom. The van der Waals surface area contributed by atoms with Gasteiger partial charge in [0.15, 0.2) is 6.61 Å². The highest BCUT2D eigenvalue weighted by Gasteiger charge is 2.40. The molecule has 3 rings (SSSR count). The van der Waals surface area contributed by atoms with Gasteiger partial charge in [0.2, 0.25) is 0 Å². The van der Waals surface area contributed by atoms with Crippen molar-refractivity contribution in [3.05, 3.63) is 23.8 Å². The molecule has 2 fully saturated rings. The standard InChI is InChI=1S/C22H31NO4/c1-22(2,3)17-7-8-19(26-4)18(12-17)23-20(24)13-27-21(25)11-16-10-14-5-6-15(16)9-14/h7-8,12,14-16H,5-6,9-11,13H2,1-4H3,(H,23,24)/t14-,15-,16+/m0/s1. The summed E-state index contributed by atoms with van der Waals surface area (Å²) < 4.78 is 10.6. The van der Waals surface area contributed by atoms with E-state index in [0.717, 1.165) is 17.9 Å². The minimum absolute atomic E-state index is 0.0428. The van der Waals surface area contributed by atoms with Gasteiger partial charge in [-0.3, -0.25) is 9.59 Å². The number of benzene rings is 1. The van der Waals surface area contributed by atoms with Gasteiger partial charge in [0, 0.05) is 6.42 Å². The van der Waals surface area contributed by atoms with Crippen molar-refractivity contribution in [3.63, 3.8) is 0 Å². The number of carbonyl (C=O) groups is 2. The number of nitrogens with one attached hydrogen (secondary N) is 1. The number of carbonyl (C=O) groups excluding carboxylic acids is 2. The van der Waals surface area contributed by atoms with Gasteiger partial charge in [-0.15, -0.1) is 0 Å². The van der Waals surface area contributed by atoms with Crippen molar-refractivity contribution >= 4 is 17.6 Å². The van der Waals surface area contributed by atoms with Crippen molar-refractivity contribution in [2.45, 2.75) is 58.3 Å². The fourth-order valence-electron chi connectivity index (χ4n) is 4.50. The lowest BCUT2D eigenvalue weighted by Gasteiger charge is -2.21. The summed E-state index contributed by atoms with van der Waals surface area (Å²) in [5.41, 5.74) is 1.64. The Labute approximate surface area is 161 Å². The van der Waals surface area contributed by atoms with Crippen LogP contribution in [0.3, 0.4) is 0 Å². The molecule has 5 heteroatoms. The summed E-state index contributed by atoms with van der Waals surface area (Å²) in [7, 11) is 1.57. The van der Waals surface area contributed by atoms with Gasteiger partial charge in [0.1, 0.15) is 5.75 Å². The first-order valence-electron chi connectivity index (χ1n) is 9.90. The van der Waals surface area contributed by atoms with Crippen LogP contribution in [0.4, 0.5) is 5.69 Å². The van der Waals surface area contributed by atoms with Gasteiger partial charge in [0.05, 0.1) is 12.8 Å². The van der Waals surface area contributed by atoms with Gasteiger partial charge in [-0.2, -0.15) is 0 Å². The summed E-state index contributed by atoms with van der Waals surface area (Å²) in [5.74, 6) is 1.91. The molecule has 0 aromatic heterocycles. The van der Waals surface area contributed by atoms with Crippen molar-refractivity contribution in [1.29, 1.82) is 0 Å². The predicted octanol–water partition coefficient (Wildman–Crippen LogP) is 4.30. The van der Waals surface area contributed by atoms with E-state index in [1.165, 1.54) is 19.3 Å². The lowest BCUT2D eigenvalue weighted by atomic mass is 9.86. The minimum Gasteiger partial charge on any atom is -0.495 e. The van der Waals surface area contributed by atoms with Crippen LogP contribution in [-0.4, -0.2) is 25.6 Å². The monoisotopic (exact) mass is 373 g/mol. The molecule has 2 saturated carbocycles. The summed E-state index contributed by atoms with van der Waals surface area (Å²) in [4.78, 5) is 24.4. The lowest BCUT2D eigenvalue weighted by molar-refractivity contribution is -0.148. The number of methoxy groups -OCH3 is 1. The van der Waals surface area contributed by atoms with Gasteiger partial charge in [-0.25, -0.2) is 0 Å². The average molecular weight is 373 g/mol. The average Bonchev–Trinajstić information content (AvgIpc) is 3.22. The van der Waals surface area contributed by atoms with Gasteiger partial charge in [-0.1, -0.05) is 33.3 Å². The van der Waals surface area contributed by atoms with E-state index in [-0.39, 0.29) is 23.9 Å².